The average molecular weight is 327 g/mol. The van der Waals surface area contributed by atoms with Gasteiger partial charge in [0.15, 0.2) is 0 Å². The number of ether oxygens (including phenoxy) is 1. The Hall–Kier alpha value is -0.580. The van der Waals surface area contributed by atoms with Crippen LogP contribution in [0.5, 0.6) is 0 Å². The molecule has 0 amide bonds. The molecule has 4 heteroatoms. The number of halogens is 1. The van der Waals surface area contributed by atoms with E-state index in [1.165, 1.54) is 24.1 Å². The summed E-state index contributed by atoms with van der Waals surface area (Å²) < 4.78 is 6.90. The molecule has 0 aliphatic carbocycles. The molecule has 19 heavy (non-hydrogen) atoms. The highest BCUT2D eigenvalue weighted by Crippen LogP contribution is 2.26. The first kappa shape index (κ1) is 14.8. The molecule has 1 heterocycles. The second-order valence-electron chi connectivity index (χ2n) is 4.98. The molecular formula is C15H23BrN2O. The summed E-state index contributed by atoms with van der Waals surface area (Å²) in [6, 6.07) is 6.51. The van der Waals surface area contributed by atoms with Crippen molar-refractivity contribution in [3.63, 3.8) is 0 Å². The van der Waals surface area contributed by atoms with E-state index in [2.05, 4.69) is 51.3 Å². The Morgan fingerprint density at radius 3 is 2.95 bits per heavy atom. The molecule has 1 aromatic rings. The number of nitrogens with zero attached hydrogens (tertiary/aromatic N) is 1. The van der Waals surface area contributed by atoms with Crippen molar-refractivity contribution in [3.05, 3.63) is 28.2 Å². The highest BCUT2D eigenvalue weighted by atomic mass is 79.9. The molecule has 3 nitrogen and oxygen atoms in total. The number of hydrogen-bond acceptors (Lipinski definition) is 3. The summed E-state index contributed by atoms with van der Waals surface area (Å²) in [5.74, 6) is 0. The van der Waals surface area contributed by atoms with Crippen molar-refractivity contribution < 1.29 is 4.74 Å². The van der Waals surface area contributed by atoms with Crippen LogP contribution in [-0.4, -0.2) is 32.8 Å². The van der Waals surface area contributed by atoms with Crippen LogP contribution in [-0.2, 0) is 11.3 Å². The third-order valence-electron chi connectivity index (χ3n) is 3.58. The fraction of sp³-hybridized carbons (Fsp3) is 0.600. The molecule has 2 rings (SSSR count). The van der Waals surface area contributed by atoms with Crippen LogP contribution in [0, 0.1) is 0 Å². The largest absolute Gasteiger partial charge is 0.376 e. The summed E-state index contributed by atoms with van der Waals surface area (Å²) in [6.45, 7) is 6.02. The monoisotopic (exact) mass is 326 g/mol. The van der Waals surface area contributed by atoms with Crippen LogP contribution >= 0.6 is 15.9 Å². The number of nitrogens with one attached hydrogen (secondary N) is 1. The zero-order valence-corrected chi connectivity index (χ0v) is 13.4. The highest BCUT2D eigenvalue weighted by molar-refractivity contribution is 9.10. The molecule has 0 saturated carbocycles. The quantitative estimate of drug-likeness (QED) is 0.869. The van der Waals surface area contributed by atoms with Gasteiger partial charge in [0, 0.05) is 36.4 Å². The van der Waals surface area contributed by atoms with E-state index in [4.69, 9.17) is 4.74 Å². The summed E-state index contributed by atoms with van der Waals surface area (Å²) in [5, 5.41) is 3.24. The van der Waals surface area contributed by atoms with Crippen molar-refractivity contribution in [2.24, 2.45) is 0 Å². The van der Waals surface area contributed by atoms with Crippen LogP contribution in [0.25, 0.3) is 0 Å². The van der Waals surface area contributed by atoms with Crippen molar-refractivity contribution in [2.45, 2.75) is 32.4 Å². The molecule has 1 unspecified atom stereocenters. The number of benzene rings is 1. The first-order valence-corrected chi connectivity index (χ1v) is 7.83. The van der Waals surface area contributed by atoms with Gasteiger partial charge in [-0.1, -0.05) is 22.0 Å². The van der Waals surface area contributed by atoms with Gasteiger partial charge in [0.05, 0.1) is 6.10 Å². The summed E-state index contributed by atoms with van der Waals surface area (Å²) >= 11 is 3.58. The van der Waals surface area contributed by atoms with Gasteiger partial charge in [-0.25, -0.2) is 0 Å². The molecule has 0 bridgehead atoms. The van der Waals surface area contributed by atoms with Gasteiger partial charge in [0.1, 0.15) is 0 Å². The minimum Gasteiger partial charge on any atom is -0.376 e. The molecule has 1 aliphatic heterocycles. The summed E-state index contributed by atoms with van der Waals surface area (Å²) in [5.41, 5.74) is 2.65. The predicted octanol–water partition coefficient (Wildman–Crippen LogP) is 3.17. The zero-order valence-electron chi connectivity index (χ0n) is 11.8. The van der Waals surface area contributed by atoms with Crippen molar-refractivity contribution in [1.82, 2.24) is 5.32 Å². The zero-order chi connectivity index (χ0) is 13.7. The summed E-state index contributed by atoms with van der Waals surface area (Å²) in [4.78, 5) is 2.42. The Morgan fingerprint density at radius 2 is 2.32 bits per heavy atom. The Morgan fingerprint density at radius 1 is 1.47 bits per heavy atom. The Bertz CT molecular complexity index is 405. The molecule has 1 fully saturated rings. The topological polar surface area (TPSA) is 24.5 Å². The van der Waals surface area contributed by atoms with Gasteiger partial charge >= 0.3 is 0 Å². The van der Waals surface area contributed by atoms with E-state index in [0.29, 0.717) is 6.10 Å². The molecule has 1 saturated heterocycles. The van der Waals surface area contributed by atoms with E-state index in [-0.39, 0.29) is 0 Å². The number of hydrogen-bond donors (Lipinski definition) is 1. The van der Waals surface area contributed by atoms with Crippen LogP contribution < -0.4 is 10.2 Å². The standard InChI is InChI=1S/C15H23BrN2O/c1-3-18(11-14-5-4-8-19-14)15-9-13(16)7-6-12(15)10-17-2/h6-7,9,14,17H,3-5,8,10-11H2,1-2H3. The first-order chi connectivity index (χ1) is 9.24. The number of anilines is 1. The van der Waals surface area contributed by atoms with Gasteiger partial charge in [-0.3, -0.25) is 0 Å². The van der Waals surface area contributed by atoms with Gasteiger partial charge in [-0.05, 0) is 44.5 Å². The molecule has 1 N–H and O–H groups in total. The van der Waals surface area contributed by atoms with Crippen LogP contribution in [0.1, 0.15) is 25.3 Å². The van der Waals surface area contributed by atoms with E-state index in [0.717, 1.165) is 30.7 Å². The lowest BCUT2D eigenvalue weighted by molar-refractivity contribution is 0.115. The van der Waals surface area contributed by atoms with Crippen molar-refractivity contribution >= 4 is 21.6 Å². The third-order valence-corrected chi connectivity index (χ3v) is 4.08. The van der Waals surface area contributed by atoms with Gasteiger partial charge < -0.3 is 15.0 Å². The van der Waals surface area contributed by atoms with E-state index in [1.807, 2.05) is 7.05 Å². The molecule has 0 radical (unpaired) electrons. The lowest BCUT2D eigenvalue weighted by atomic mass is 10.1. The van der Waals surface area contributed by atoms with E-state index < -0.39 is 0 Å². The number of likely N-dealkylation sites (N-methyl/N-ethyl adjacent to an activating group) is 1. The van der Waals surface area contributed by atoms with Crippen LogP contribution in [0.3, 0.4) is 0 Å². The maximum Gasteiger partial charge on any atom is 0.0750 e. The molecule has 1 aromatic carbocycles. The lowest BCUT2D eigenvalue weighted by Gasteiger charge is -2.28. The summed E-state index contributed by atoms with van der Waals surface area (Å²) in [6.07, 6.45) is 2.78. The highest BCUT2D eigenvalue weighted by Gasteiger charge is 2.20. The van der Waals surface area contributed by atoms with Crippen molar-refractivity contribution in [2.75, 3.05) is 31.6 Å². The van der Waals surface area contributed by atoms with E-state index >= 15 is 0 Å². The predicted molar refractivity (Wildman–Crippen MR) is 83.8 cm³/mol. The minimum absolute atomic E-state index is 0.390. The minimum atomic E-state index is 0.390. The normalized spacial score (nSPS) is 18.8. The fourth-order valence-corrected chi connectivity index (χ4v) is 2.95. The molecular weight excluding hydrogens is 304 g/mol. The Labute approximate surface area is 124 Å². The number of rotatable bonds is 6. The van der Waals surface area contributed by atoms with Crippen LogP contribution in [0.4, 0.5) is 5.69 Å². The molecule has 0 spiro atoms. The van der Waals surface area contributed by atoms with Crippen LogP contribution in [0.15, 0.2) is 22.7 Å². The molecule has 1 aliphatic rings. The summed E-state index contributed by atoms with van der Waals surface area (Å²) in [7, 11) is 1.99. The Balaban J connectivity index is 2.17. The van der Waals surface area contributed by atoms with Gasteiger partial charge in [0.25, 0.3) is 0 Å². The smallest absolute Gasteiger partial charge is 0.0750 e. The average Bonchev–Trinajstić information content (AvgIpc) is 2.91. The fourth-order valence-electron chi connectivity index (χ4n) is 2.60. The maximum absolute atomic E-state index is 5.77. The van der Waals surface area contributed by atoms with E-state index in [9.17, 15) is 0 Å². The first-order valence-electron chi connectivity index (χ1n) is 7.04. The van der Waals surface area contributed by atoms with E-state index in [1.54, 1.807) is 0 Å². The van der Waals surface area contributed by atoms with Crippen molar-refractivity contribution in [1.29, 1.82) is 0 Å². The van der Waals surface area contributed by atoms with Crippen molar-refractivity contribution in [3.8, 4) is 0 Å². The molecule has 1 atom stereocenters. The molecule has 0 aromatic heterocycles. The van der Waals surface area contributed by atoms with Gasteiger partial charge in [-0.15, -0.1) is 0 Å². The second-order valence-corrected chi connectivity index (χ2v) is 5.89. The maximum atomic E-state index is 5.77. The second kappa shape index (κ2) is 7.27. The lowest BCUT2D eigenvalue weighted by Crippen LogP contribution is -2.33. The molecule has 106 valence electrons. The third kappa shape index (κ3) is 3.94. The van der Waals surface area contributed by atoms with Gasteiger partial charge in [0.2, 0.25) is 0 Å². The Kier molecular flexibility index (Phi) is 5.67. The van der Waals surface area contributed by atoms with Crippen LogP contribution in [0.2, 0.25) is 0 Å². The SMILES string of the molecule is CCN(CC1CCCO1)c1cc(Br)ccc1CNC. The van der Waals surface area contributed by atoms with Gasteiger partial charge in [-0.2, -0.15) is 0 Å².